The fourth-order valence-corrected chi connectivity index (χ4v) is 2.19. The molecule has 0 spiro atoms. The zero-order chi connectivity index (χ0) is 11.4. The molecule has 0 aromatic carbocycles. The van der Waals surface area contributed by atoms with E-state index in [0.29, 0.717) is 18.3 Å². The lowest BCUT2D eigenvalue weighted by Gasteiger charge is -2.19. The molecule has 1 aliphatic rings. The molecule has 4 heteroatoms. The molecule has 1 fully saturated rings. The Labute approximate surface area is 96.0 Å². The fraction of sp³-hybridized carbons (Fsp3) is 0.583. The Morgan fingerprint density at radius 2 is 2.50 bits per heavy atom. The van der Waals surface area contributed by atoms with E-state index >= 15 is 0 Å². The van der Waals surface area contributed by atoms with Crippen LogP contribution in [0.15, 0.2) is 18.3 Å². The first kappa shape index (κ1) is 11.4. The molecule has 0 radical (unpaired) electrons. The van der Waals surface area contributed by atoms with Crippen LogP contribution in [0, 0.1) is 0 Å². The highest BCUT2D eigenvalue weighted by Crippen LogP contribution is 2.06. The van der Waals surface area contributed by atoms with Gasteiger partial charge in [-0.25, -0.2) is 0 Å². The van der Waals surface area contributed by atoms with Crippen molar-refractivity contribution < 1.29 is 4.79 Å². The number of rotatable bonds is 5. The van der Waals surface area contributed by atoms with E-state index in [-0.39, 0.29) is 5.78 Å². The van der Waals surface area contributed by atoms with Gasteiger partial charge in [0, 0.05) is 18.8 Å². The van der Waals surface area contributed by atoms with Gasteiger partial charge in [0.25, 0.3) is 0 Å². The van der Waals surface area contributed by atoms with Crippen molar-refractivity contribution in [3.05, 3.63) is 24.0 Å². The molecule has 0 amide bonds. The van der Waals surface area contributed by atoms with Crippen LogP contribution in [-0.2, 0) is 0 Å². The molecule has 1 aromatic heterocycles. The summed E-state index contributed by atoms with van der Waals surface area (Å²) in [6.07, 6.45) is 4.26. The molecule has 4 nitrogen and oxygen atoms in total. The van der Waals surface area contributed by atoms with E-state index in [1.165, 1.54) is 12.8 Å². The van der Waals surface area contributed by atoms with Crippen LogP contribution < -0.4 is 5.32 Å². The third-order valence-electron chi connectivity index (χ3n) is 3.01. The monoisotopic (exact) mass is 221 g/mol. The number of hydrogen-bond donors (Lipinski definition) is 2. The zero-order valence-corrected chi connectivity index (χ0v) is 9.70. The van der Waals surface area contributed by atoms with Gasteiger partial charge in [-0.05, 0) is 38.6 Å². The average Bonchev–Trinajstić information content (AvgIpc) is 2.88. The number of aromatic amines is 1. The summed E-state index contributed by atoms with van der Waals surface area (Å²) in [5.41, 5.74) is 0.700. The van der Waals surface area contributed by atoms with Crippen molar-refractivity contribution in [2.75, 3.05) is 26.7 Å². The number of carbonyl (C=O) groups is 1. The van der Waals surface area contributed by atoms with E-state index in [9.17, 15) is 4.79 Å². The predicted molar refractivity (Wildman–Crippen MR) is 63.6 cm³/mol. The molecule has 1 atom stereocenters. The normalized spacial score (nSPS) is 20.5. The molecule has 2 N–H and O–H groups in total. The van der Waals surface area contributed by atoms with E-state index in [4.69, 9.17) is 0 Å². The van der Waals surface area contributed by atoms with Crippen LogP contribution >= 0.6 is 0 Å². The number of ketones is 1. The number of hydrogen-bond acceptors (Lipinski definition) is 3. The van der Waals surface area contributed by atoms with Crippen molar-refractivity contribution in [3.8, 4) is 0 Å². The van der Waals surface area contributed by atoms with Gasteiger partial charge in [-0.2, -0.15) is 0 Å². The van der Waals surface area contributed by atoms with Gasteiger partial charge in [-0.15, -0.1) is 0 Å². The minimum Gasteiger partial charge on any atom is -0.359 e. The van der Waals surface area contributed by atoms with Crippen molar-refractivity contribution in [3.63, 3.8) is 0 Å². The number of carbonyl (C=O) groups excluding carboxylic acids is 1. The molecule has 88 valence electrons. The number of nitrogens with zero attached hydrogens (tertiary/aromatic N) is 1. The van der Waals surface area contributed by atoms with Crippen molar-refractivity contribution in [1.82, 2.24) is 15.2 Å². The first-order valence-electron chi connectivity index (χ1n) is 5.84. The van der Waals surface area contributed by atoms with Crippen LogP contribution in [0.2, 0.25) is 0 Å². The summed E-state index contributed by atoms with van der Waals surface area (Å²) in [5, 5.41) is 3.43. The summed E-state index contributed by atoms with van der Waals surface area (Å²) in [7, 11) is 2.00. The van der Waals surface area contributed by atoms with Crippen molar-refractivity contribution in [2.45, 2.75) is 18.9 Å². The van der Waals surface area contributed by atoms with E-state index in [1.54, 1.807) is 6.20 Å². The van der Waals surface area contributed by atoms with Gasteiger partial charge < -0.3 is 10.3 Å². The number of aromatic nitrogens is 1. The largest absolute Gasteiger partial charge is 0.359 e. The van der Waals surface area contributed by atoms with E-state index in [2.05, 4.69) is 15.2 Å². The second-order valence-corrected chi connectivity index (χ2v) is 4.50. The van der Waals surface area contributed by atoms with Gasteiger partial charge in [0.15, 0.2) is 5.78 Å². The van der Waals surface area contributed by atoms with Gasteiger partial charge in [-0.3, -0.25) is 9.69 Å². The average molecular weight is 221 g/mol. The van der Waals surface area contributed by atoms with Gasteiger partial charge in [0.1, 0.15) is 0 Å². The number of Topliss-reactive ketones (excluding diaryl/α,β-unsaturated/α-hetero) is 1. The minimum atomic E-state index is 0.158. The number of likely N-dealkylation sites (N-methyl/N-ethyl adjacent to an activating group) is 1. The molecule has 0 saturated carbocycles. The Morgan fingerprint density at radius 1 is 1.62 bits per heavy atom. The number of H-pyrrole nitrogens is 1. The van der Waals surface area contributed by atoms with E-state index < -0.39 is 0 Å². The van der Waals surface area contributed by atoms with E-state index in [0.717, 1.165) is 13.1 Å². The Hall–Kier alpha value is -1.13. The SMILES string of the molecule is CN(CC(=O)c1ccc[nH]1)C[C@@H]1CCCN1. The Bertz CT molecular complexity index is 328. The molecular formula is C12H19N3O. The molecule has 2 rings (SSSR count). The van der Waals surface area contributed by atoms with Crippen molar-refractivity contribution in [2.24, 2.45) is 0 Å². The summed E-state index contributed by atoms with van der Waals surface area (Å²) in [6.45, 7) is 2.55. The van der Waals surface area contributed by atoms with E-state index in [1.807, 2.05) is 19.2 Å². The Balaban J connectivity index is 1.78. The lowest BCUT2D eigenvalue weighted by atomic mass is 10.2. The molecule has 1 aromatic rings. The molecular weight excluding hydrogens is 202 g/mol. The highest BCUT2D eigenvalue weighted by atomic mass is 16.1. The molecule has 0 bridgehead atoms. The van der Waals surface area contributed by atoms with Crippen LogP contribution in [-0.4, -0.2) is 48.4 Å². The highest BCUT2D eigenvalue weighted by molar-refractivity contribution is 5.95. The first-order valence-corrected chi connectivity index (χ1v) is 5.84. The number of nitrogens with one attached hydrogen (secondary N) is 2. The molecule has 1 aliphatic heterocycles. The molecule has 1 saturated heterocycles. The summed E-state index contributed by atoms with van der Waals surface area (Å²) in [5.74, 6) is 0.158. The van der Waals surface area contributed by atoms with Crippen molar-refractivity contribution >= 4 is 5.78 Å². The maximum absolute atomic E-state index is 11.8. The molecule has 2 heterocycles. The Morgan fingerprint density at radius 3 is 3.12 bits per heavy atom. The summed E-state index contributed by atoms with van der Waals surface area (Å²) in [4.78, 5) is 16.8. The molecule has 16 heavy (non-hydrogen) atoms. The third-order valence-corrected chi connectivity index (χ3v) is 3.01. The first-order chi connectivity index (χ1) is 7.75. The smallest absolute Gasteiger partial charge is 0.192 e. The van der Waals surface area contributed by atoms with Crippen LogP contribution in [0.3, 0.4) is 0 Å². The van der Waals surface area contributed by atoms with Crippen LogP contribution in [0.25, 0.3) is 0 Å². The van der Waals surface area contributed by atoms with Gasteiger partial charge in [0.05, 0.1) is 12.2 Å². The lowest BCUT2D eigenvalue weighted by Crippen LogP contribution is -2.37. The topological polar surface area (TPSA) is 48.1 Å². The lowest BCUT2D eigenvalue weighted by molar-refractivity contribution is 0.0938. The maximum atomic E-state index is 11.8. The molecule has 0 unspecified atom stereocenters. The fourth-order valence-electron chi connectivity index (χ4n) is 2.19. The van der Waals surface area contributed by atoms with Crippen molar-refractivity contribution in [1.29, 1.82) is 0 Å². The second kappa shape index (κ2) is 5.27. The maximum Gasteiger partial charge on any atom is 0.192 e. The minimum absolute atomic E-state index is 0.158. The summed E-state index contributed by atoms with van der Waals surface area (Å²) >= 11 is 0. The Kier molecular flexibility index (Phi) is 3.74. The summed E-state index contributed by atoms with van der Waals surface area (Å²) < 4.78 is 0. The zero-order valence-electron chi connectivity index (χ0n) is 9.70. The van der Waals surface area contributed by atoms with Gasteiger partial charge >= 0.3 is 0 Å². The quantitative estimate of drug-likeness (QED) is 0.726. The highest BCUT2D eigenvalue weighted by Gasteiger charge is 2.17. The van der Waals surface area contributed by atoms with Crippen LogP contribution in [0.4, 0.5) is 0 Å². The summed E-state index contributed by atoms with van der Waals surface area (Å²) in [6, 6.07) is 4.23. The standard InChI is InChI=1S/C12H19N3O/c1-15(8-10-4-2-6-13-10)9-12(16)11-5-3-7-14-11/h3,5,7,10,13-14H,2,4,6,8-9H2,1H3/t10-/m0/s1. The van der Waals surface area contributed by atoms with Gasteiger partial charge in [-0.1, -0.05) is 0 Å². The predicted octanol–water partition coefficient (Wildman–Crippen LogP) is 0.881. The van der Waals surface area contributed by atoms with Crippen LogP contribution in [0.5, 0.6) is 0 Å². The second-order valence-electron chi connectivity index (χ2n) is 4.50. The van der Waals surface area contributed by atoms with Gasteiger partial charge in [0.2, 0.25) is 0 Å². The molecule has 0 aliphatic carbocycles. The third kappa shape index (κ3) is 2.93. The van der Waals surface area contributed by atoms with Crippen LogP contribution in [0.1, 0.15) is 23.3 Å².